The van der Waals surface area contributed by atoms with Crippen LogP contribution in [-0.4, -0.2) is 45.9 Å². The molecule has 180 valence electrons. The van der Waals surface area contributed by atoms with Gasteiger partial charge in [-0.25, -0.2) is 9.37 Å². The van der Waals surface area contributed by atoms with E-state index in [1.165, 1.54) is 23.9 Å². The van der Waals surface area contributed by atoms with E-state index in [2.05, 4.69) is 25.7 Å². The molecule has 0 saturated heterocycles. The predicted octanol–water partition coefficient (Wildman–Crippen LogP) is 3.34. The number of amides is 1. The van der Waals surface area contributed by atoms with Crippen LogP contribution >= 0.6 is 0 Å². The van der Waals surface area contributed by atoms with Crippen LogP contribution in [0, 0.1) is 24.5 Å². The third-order valence-electron chi connectivity index (χ3n) is 5.79. The standard InChI is InChI=1S/C23H27F2N7O2/c1-12(2)20-22(33)29-19-13(3)28-23(30-21(19)31(20)4)26-8-14-9-27-32(10-14)11-15-6-7-16(34-5)18(25)17(15)24/h6-7,9-10,12,20H,8,11H2,1-5H3,(H,29,33)(H,26,28,30)/t20-/m0/s1. The molecule has 11 heteroatoms. The van der Waals surface area contributed by atoms with Crippen molar-refractivity contribution in [2.24, 2.45) is 5.92 Å². The lowest BCUT2D eigenvalue weighted by Crippen LogP contribution is -2.49. The Morgan fingerprint density at radius 2 is 2.00 bits per heavy atom. The first kappa shape index (κ1) is 23.4. The zero-order chi connectivity index (χ0) is 24.6. The molecule has 4 rings (SSSR count). The van der Waals surface area contributed by atoms with Crippen LogP contribution in [0.1, 0.15) is 30.7 Å². The molecule has 9 nitrogen and oxygen atoms in total. The average Bonchev–Trinajstić information content (AvgIpc) is 3.24. The van der Waals surface area contributed by atoms with E-state index in [1.807, 2.05) is 32.7 Å². The molecule has 0 aliphatic carbocycles. The van der Waals surface area contributed by atoms with Gasteiger partial charge in [0, 0.05) is 30.9 Å². The molecule has 0 radical (unpaired) electrons. The summed E-state index contributed by atoms with van der Waals surface area (Å²) in [7, 11) is 3.14. The quantitative estimate of drug-likeness (QED) is 0.546. The Bertz CT molecular complexity index is 1230. The fraction of sp³-hybridized carbons (Fsp3) is 0.391. The van der Waals surface area contributed by atoms with Crippen molar-refractivity contribution >= 4 is 23.4 Å². The first-order chi connectivity index (χ1) is 16.2. The summed E-state index contributed by atoms with van der Waals surface area (Å²) in [5.74, 6) is -1.01. The minimum Gasteiger partial charge on any atom is -0.494 e. The Labute approximate surface area is 196 Å². The maximum atomic E-state index is 14.3. The molecule has 0 bridgehead atoms. The van der Waals surface area contributed by atoms with Gasteiger partial charge in [0.15, 0.2) is 17.4 Å². The van der Waals surface area contributed by atoms with Gasteiger partial charge >= 0.3 is 0 Å². The predicted molar refractivity (Wildman–Crippen MR) is 124 cm³/mol. The second-order valence-corrected chi connectivity index (χ2v) is 8.57. The number of benzene rings is 1. The topological polar surface area (TPSA) is 97.2 Å². The molecule has 2 N–H and O–H groups in total. The Morgan fingerprint density at radius 1 is 1.24 bits per heavy atom. The van der Waals surface area contributed by atoms with E-state index in [0.29, 0.717) is 29.7 Å². The van der Waals surface area contributed by atoms with E-state index >= 15 is 0 Å². The van der Waals surface area contributed by atoms with Crippen molar-refractivity contribution in [2.75, 3.05) is 29.7 Å². The Kier molecular flexibility index (Phi) is 6.36. The van der Waals surface area contributed by atoms with Gasteiger partial charge < -0.3 is 20.3 Å². The minimum absolute atomic E-state index is 0.0713. The zero-order valence-corrected chi connectivity index (χ0v) is 19.7. The summed E-state index contributed by atoms with van der Waals surface area (Å²) in [6.07, 6.45) is 3.37. The number of halogens is 2. The summed E-state index contributed by atoms with van der Waals surface area (Å²) in [5, 5.41) is 10.3. The molecule has 1 amide bonds. The maximum absolute atomic E-state index is 14.3. The number of likely N-dealkylation sites (N-methyl/N-ethyl adjacent to an activating group) is 1. The molecule has 0 spiro atoms. The molecular formula is C23H27F2N7O2. The van der Waals surface area contributed by atoms with Crippen LogP contribution in [0.2, 0.25) is 0 Å². The summed E-state index contributed by atoms with van der Waals surface area (Å²) in [6.45, 7) is 6.24. The van der Waals surface area contributed by atoms with Crippen molar-refractivity contribution < 1.29 is 18.3 Å². The molecule has 0 unspecified atom stereocenters. The van der Waals surface area contributed by atoms with Crippen molar-refractivity contribution in [1.29, 1.82) is 0 Å². The van der Waals surface area contributed by atoms with Crippen molar-refractivity contribution in [3.05, 3.63) is 53.0 Å². The number of carbonyl (C=O) groups excluding carboxylic acids is 1. The minimum atomic E-state index is -1.02. The van der Waals surface area contributed by atoms with Gasteiger partial charge in [-0.3, -0.25) is 9.48 Å². The fourth-order valence-corrected chi connectivity index (χ4v) is 4.08. The number of fused-ring (bicyclic) bond motifs is 1. The van der Waals surface area contributed by atoms with Crippen molar-refractivity contribution in [3.8, 4) is 5.75 Å². The van der Waals surface area contributed by atoms with Crippen molar-refractivity contribution in [3.63, 3.8) is 0 Å². The van der Waals surface area contributed by atoms with Gasteiger partial charge in [0.1, 0.15) is 11.7 Å². The highest BCUT2D eigenvalue weighted by Crippen LogP contribution is 2.34. The van der Waals surface area contributed by atoms with Crippen LogP contribution in [-0.2, 0) is 17.9 Å². The smallest absolute Gasteiger partial charge is 0.247 e. The number of nitrogens with one attached hydrogen (secondary N) is 2. The SMILES string of the molecule is COc1ccc(Cn2cc(CNc3nc(C)c4c(n3)N(C)[C@@H](C(C)C)C(=O)N4)cn2)c(F)c1F. The lowest BCUT2D eigenvalue weighted by Gasteiger charge is -2.36. The molecule has 3 aromatic rings. The molecule has 0 fully saturated rings. The monoisotopic (exact) mass is 471 g/mol. The van der Waals surface area contributed by atoms with E-state index in [9.17, 15) is 13.6 Å². The summed E-state index contributed by atoms with van der Waals surface area (Å²) in [6, 6.07) is 2.54. The first-order valence-electron chi connectivity index (χ1n) is 10.9. The van der Waals surface area contributed by atoms with Gasteiger partial charge in [-0.1, -0.05) is 19.9 Å². The molecule has 0 saturated carbocycles. The molecule has 3 heterocycles. The second kappa shape index (κ2) is 9.24. The van der Waals surface area contributed by atoms with Crippen LogP contribution in [0.4, 0.5) is 26.2 Å². The third-order valence-corrected chi connectivity index (χ3v) is 5.79. The molecule has 2 aromatic heterocycles. The van der Waals surface area contributed by atoms with Crippen molar-refractivity contribution in [2.45, 2.75) is 39.9 Å². The maximum Gasteiger partial charge on any atom is 0.247 e. The van der Waals surface area contributed by atoms with E-state index in [0.717, 1.165) is 5.56 Å². The Morgan fingerprint density at radius 3 is 2.71 bits per heavy atom. The second-order valence-electron chi connectivity index (χ2n) is 8.57. The number of methoxy groups -OCH3 is 1. The van der Waals surface area contributed by atoms with Crippen LogP contribution in [0.5, 0.6) is 5.75 Å². The first-order valence-corrected chi connectivity index (χ1v) is 10.9. The number of hydrogen-bond acceptors (Lipinski definition) is 7. The van der Waals surface area contributed by atoms with Crippen LogP contribution in [0.3, 0.4) is 0 Å². The van der Waals surface area contributed by atoms with Crippen LogP contribution < -0.4 is 20.3 Å². The van der Waals surface area contributed by atoms with Crippen LogP contribution in [0.15, 0.2) is 24.5 Å². The molecular weight excluding hydrogens is 444 g/mol. The van der Waals surface area contributed by atoms with E-state index in [1.54, 1.807) is 12.4 Å². The molecule has 1 aromatic carbocycles. The number of carbonyl (C=O) groups is 1. The average molecular weight is 472 g/mol. The van der Waals surface area contributed by atoms with E-state index in [4.69, 9.17) is 4.74 Å². The van der Waals surface area contributed by atoms with Crippen molar-refractivity contribution in [1.82, 2.24) is 19.7 Å². The molecule has 1 atom stereocenters. The summed E-state index contributed by atoms with van der Waals surface area (Å²) < 4.78 is 34.6. The normalized spacial score (nSPS) is 15.4. The van der Waals surface area contributed by atoms with Gasteiger partial charge in [-0.05, 0) is 18.9 Å². The van der Waals surface area contributed by atoms with Gasteiger partial charge in [-0.2, -0.15) is 14.5 Å². The number of ether oxygens (including phenoxy) is 1. The number of anilines is 3. The number of hydrogen-bond donors (Lipinski definition) is 2. The largest absolute Gasteiger partial charge is 0.494 e. The number of aryl methyl sites for hydroxylation is 1. The summed E-state index contributed by atoms with van der Waals surface area (Å²) in [4.78, 5) is 23.4. The fourth-order valence-electron chi connectivity index (χ4n) is 4.08. The lowest BCUT2D eigenvalue weighted by molar-refractivity contribution is -0.118. The van der Waals surface area contributed by atoms with E-state index < -0.39 is 11.6 Å². The van der Waals surface area contributed by atoms with Gasteiger partial charge in [0.05, 0.1) is 25.5 Å². The highest BCUT2D eigenvalue weighted by atomic mass is 19.2. The van der Waals surface area contributed by atoms with Gasteiger partial charge in [0.25, 0.3) is 0 Å². The molecule has 1 aliphatic rings. The highest BCUT2D eigenvalue weighted by molar-refractivity contribution is 6.03. The summed E-state index contributed by atoms with van der Waals surface area (Å²) in [5.41, 5.74) is 2.24. The van der Waals surface area contributed by atoms with Gasteiger partial charge in [-0.15, -0.1) is 0 Å². The van der Waals surface area contributed by atoms with E-state index in [-0.39, 0.29) is 35.7 Å². The number of rotatable bonds is 7. The molecule has 1 aliphatic heterocycles. The van der Waals surface area contributed by atoms with Gasteiger partial charge in [0.2, 0.25) is 17.7 Å². The highest BCUT2D eigenvalue weighted by Gasteiger charge is 2.35. The third kappa shape index (κ3) is 4.37. The Hall–Kier alpha value is -3.76. The lowest BCUT2D eigenvalue weighted by atomic mass is 9.99. The van der Waals surface area contributed by atoms with Crippen LogP contribution in [0.25, 0.3) is 0 Å². The Balaban J connectivity index is 1.47. The number of aromatic nitrogens is 4. The number of nitrogens with zero attached hydrogens (tertiary/aromatic N) is 5. The zero-order valence-electron chi connectivity index (χ0n) is 19.7. The molecule has 34 heavy (non-hydrogen) atoms. The summed E-state index contributed by atoms with van der Waals surface area (Å²) >= 11 is 0.